The topological polar surface area (TPSA) is 41.6 Å². The molecule has 1 aromatic carbocycles. The first kappa shape index (κ1) is 15.7. The molecule has 1 fully saturated rings. The Morgan fingerprint density at radius 3 is 3.00 bits per heavy atom. The Kier molecular flexibility index (Phi) is 5.48. The van der Waals surface area contributed by atoms with Crippen molar-refractivity contribution in [2.45, 2.75) is 46.3 Å². The van der Waals surface area contributed by atoms with Gasteiger partial charge < -0.3 is 15.0 Å². The third kappa shape index (κ3) is 4.96. The first-order valence-electron chi connectivity index (χ1n) is 7.83. The zero-order valence-corrected chi connectivity index (χ0v) is 13.3. The van der Waals surface area contributed by atoms with Crippen molar-refractivity contribution < 1.29 is 9.53 Å². The Morgan fingerprint density at radius 1 is 1.48 bits per heavy atom. The third-order valence-electron chi connectivity index (χ3n) is 3.66. The van der Waals surface area contributed by atoms with Crippen molar-refractivity contribution in [3.05, 3.63) is 29.8 Å². The largest absolute Gasteiger partial charge is 0.491 e. The first-order chi connectivity index (χ1) is 10.0. The van der Waals surface area contributed by atoms with Gasteiger partial charge in [0.1, 0.15) is 5.75 Å². The number of urea groups is 1. The highest BCUT2D eigenvalue weighted by molar-refractivity contribution is 5.74. The highest BCUT2D eigenvalue weighted by Crippen LogP contribution is 2.17. The Labute approximate surface area is 127 Å². The molecule has 2 rings (SSSR count). The quantitative estimate of drug-likeness (QED) is 0.923. The molecule has 2 amide bonds. The molecule has 1 saturated heterocycles. The number of nitrogens with zero attached hydrogens (tertiary/aromatic N) is 1. The molecule has 4 nitrogen and oxygen atoms in total. The highest BCUT2D eigenvalue weighted by Gasteiger charge is 2.20. The summed E-state index contributed by atoms with van der Waals surface area (Å²) in [5, 5.41) is 3.00. The van der Waals surface area contributed by atoms with E-state index in [-0.39, 0.29) is 12.1 Å². The van der Waals surface area contributed by atoms with Crippen LogP contribution in [-0.4, -0.2) is 30.1 Å². The van der Waals surface area contributed by atoms with Crippen LogP contribution in [0.5, 0.6) is 5.75 Å². The van der Waals surface area contributed by atoms with Crippen LogP contribution in [0.2, 0.25) is 0 Å². The summed E-state index contributed by atoms with van der Waals surface area (Å²) in [6, 6.07) is 7.93. The summed E-state index contributed by atoms with van der Waals surface area (Å²) >= 11 is 0. The SMILES string of the molecule is CC1CCCN(C(=O)NCc2cccc(OC(C)C)c2)C1. The summed E-state index contributed by atoms with van der Waals surface area (Å²) in [6.07, 6.45) is 2.48. The maximum Gasteiger partial charge on any atom is 0.317 e. The molecule has 0 spiro atoms. The average molecular weight is 290 g/mol. The number of ether oxygens (including phenoxy) is 1. The fourth-order valence-electron chi connectivity index (χ4n) is 2.66. The molecule has 1 aliphatic rings. The molecule has 21 heavy (non-hydrogen) atoms. The van der Waals surface area contributed by atoms with Gasteiger partial charge in [0.05, 0.1) is 6.10 Å². The van der Waals surface area contributed by atoms with Gasteiger partial charge in [0.25, 0.3) is 0 Å². The number of carbonyl (C=O) groups excluding carboxylic acids is 1. The number of hydrogen-bond acceptors (Lipinski definition) is 2. The summed E-state index contributed by atoms with van der Waals surface area (Å²) in [5.74, 6) is 1.45. The van der Waals surface area contributed by atoms with E-state index in [0.29, 0.717) is 12.5 Å². The van der Waals surface area contributed by atoms with Gasteiger partial charge in [-0.15, -0.1) is 0 Å². The first-order valence-corrected chi connectivity index (χ1v) is 7.83. The summed E-state index contributed by atoms with van der Waals surface area (Å²) in [7, 11) is 0. The molecule has 1 atom stereocenters. The number of nitrogens with one attached hydrogen (secondary N) is 1. The van der Waals surface area contributed by atoms with E-state index in [2.05, 4.69) is 12.2 Å². The average Bonchev–Trinajstić information content (AvgIpc) is 2.44. The van der Waals surface area contributed by atoms with Crippen LogP contribution >= 0.6 is 0 Å². The molecule has 4 heteroatoms. The summed E-state index contributed by atoms with van der Waals surface area (Å²) in [6.45, 7) is 8.48. The van der Waals surface area contributed by atoms with Gasteiger partial charge in [0.15, 0.2) is 0 Å². The number of hydrogen-bond donors (Lipinski definition) is 1. The predicted molar refractivity (Wildman–Crippen MR) is 84.4 cm³/mol. The molecular formula is C17H26N2O2. The smallest absolute Gasteiger partial charge is 0.317 e. The van der Waals surface area contributed by atoms with Gasteiger partial charge in [0.2, 0.25) is 0 Å². The predicted octanol–water partition coefficient (Wildman–Crippen LogP) is 3.42. The molecule has 0 aromatic heterocycles. The standard InChI is InChI=1S/C17H26N2O2/c1-13(2)21-16-8-4-7-15(10-16)11-18-17(20)19-9-5-6-14(3)12-19/h4,7-8,10,13-14H,5-6,9,11-12H2,1-3H3,(H,18,20). The zero-order valence-electron chi connectivity index (χ0n) is 13.3. The Morgan fingerprint density at radius 2 is 2.29 bits per heavy atom. The van der Waals surface area contributed by atoms with Gasteiger partial charge in [-0.3, -0.25) is 0 Å². The zero-order chi connectivity index (χ0) is 15.2. The Bertz CT molecular complexity index is 474. The minimum atomic E-state index is 0.0386. The molecule has 0 aliphatic carbocycles. The van der Waals surface area contributed by atoms with E-state index < -0.39 is 0 Å². The minimum Gasteiger partial charge on any atom is -0.491 e. The molecule has 1 N–H and O–H groups in total. The number of benzene rings is 1. The second-order valence-corrected chi connectivity index (χ2v) is 6.17. The lowest BCUT2D eigenvalue weighted by molar-refractivity contribution is 0.169. The van der Waals surface area contributed by atoms with Crippen LogP contribution < -0.4 is 10.1 Å². The molecule has 0 saturated carbocycles. The van der Waals surface area contributed by atoms with Crippen molar-refractivity contribution in [2.24, 2.45) is 5.92 Å². The normalized spacial score (nSPS) is 18.7. The maximum atomic E-state index is 12.2. The van der Waals surface area contributed by atoms with Crippen molar-refractivity contribution in [1.29, 1.82) is 0 Å². The fraction of sp³-hybridized carbons (Fsp3) is 0.588. The van der Waals surface area contributed by atoms with Crippen LogP contribution in [0, 0.1) is 5.92 Å². The number of carbonyl (C=O) groups is 1. The monoisotopic (exact) mass is 290 g/mol. The molecule has 0 radical (unpaired) electrons. The van der Waals surface area contributed by atoms with Gasteiger partial charge in [-0.2, -0.15) is 0 Å². The van der Waals surface area contributed by atoms with Crippen molar-refractivity contribution in [1.82, 2.24) is 10.2 Å². The van der Waals surface area contributed by atoms with Gasteiger partial charge >= 0.3 is 6.03 Å². The van der Waals surface area contributed by atoms with Crippen molar-refractivity contribution >= 4 is 6.03 Å². The van der Waals surface area contributed by atoms with Gasteiger partial charge in [0, 0.05) is 19.6 Å². The molecule has 1 aromatic rings. The van der Waals surface area contributed by atoms with E-state index in [4.69, 9.17) is 4.74 Å². The van der Waals surface area contributed by atoms with Crippen LogP contribution in [0.3, 0.4) is 0 Å². The molecular weight excluding hydrogens is 264 g/mol. The van der Waals surface area contributed by atoms with Crippen LogP contribution in [0.25, 0.3) is 0 Å². The summed E-state index contributed by atoms with van der Waals surface area (Å²) < 4.78 is 5.67. The van der Waals surface area contributed by atoms with Crippen LogP contribution in [-0.2, 0) is 6.54 Å². The highest BCUT2D eigenvalue weighted by atomic mass is 16.5. The molecule has 1 unspecified atom stereocenters. The van der Waals surface area contributed by atoms with E-state index in [1.54, 1.807) is 0 Å². The Hall–Kier alpha value is -1.71. The third-order valence-corrected chi connectivity index (χ3v) is 3.66. The van der Waals surface area contributed by atoms with Gasteiger partial charge in [-0.25, -0.2) is 4.79 Å². The van der Waals surface area contributed by atoms with Crippen LogP contribution in [0.1, 0.15) is 39.2 Å². The van der Waals surface area contributed by atoms with Crippen molar-refractivity contribution in [3.63, 3.8) is 0 Å². The molecule has 1 heterocycles. The summed E-state index contributed by atoms with van der Waals surface area (Å²) in [5.41, 5.74) is 1.06. The number of amides is 2. The number of piperidine rings is 1. The minimum absolute atomic E-state index is 0.0386. The van der Waals surface area contributed by atoms with E-state index in [0.717, 1.165) is 30.8 Å². The molecule has 1 aliphatic heterocycles. The van der Waals surface area contributed by atoms with Crippen LogP contribution in [0.4, 0.5) is 4.79 Å². The Balaban J connectivity index is 1.86. The molecule has 0 bridgehead atoms. The second kappa shape index (κ2) is 7.34. The second-order valence-electron chi connectivity index (χ2n) is 6.17. The van der Waals surface area contributed by atoms with Crippen LogP contribution in [0.15, 0.2) is 24.3 Å². The van der Waals surface area contributed by atoms with Gasteiger partial charge in [-0.1, -0.05) is 19.1 Å². The lowest BCUT2D eigenvalue weighted by atomic mass is 10.0. The number of likely N-dealkylation sites (tertiary alicyclic amines) is 1. The fourth-order valence-corrected chi connectivity index (χ4v) is 2.66. The van der Waals surface area contributed by atoms with E-state index in [1.807, 2.05) is 43.0 Å². The summed E-state index contributed by atoms with van der Waals surface area (Å²) in [4.78, 5) is 14.1. The lowest BCUT2D eigenvalue weighted by Crippen LogP contribution is -2.44. The molecule has 116 valence electrons. The van der Waals surface area contributed by atoms with E-state index >= 15 is 0 Å². The maximum absolute atomic E-state index is 12.2. The lowest BCUT2D eigenvalue weighted by Gasteiger charge is -2.31. The number of rotatable bonds is 4. The van der Waals surface area contributed by atoms with Crippen molar-refractivity contribution in [3.8, 4) is 5.75 Å². The van der Waals surface area contributed by atoms with E-state index in [9.17, 15) is 4.79 Å². The van der Waals surface area contributed by atoms with E-state index in [1.165, 1.54) is 6.42 Å². The van der Waals surface area contributed by atoms with Gasteiger partial charge in [-0.05, 0) is 50.3 Å². The van der Waals surface area contributed by atoms with Crippen molar-refractivity contribution in [2.75, 3.05) is 13.1 Å².